The van der Waals surface area contributed by atoms with Gasteiger partial charge in [-0.3, -0.25) is 0 Å². The number of carbonyl (C=O) groups excluding carboxylic acids is 1. The first-order valence-corrected chi connectivity index (χ1v) is 12.5. The third-order valence-corrected chi connectivity index (χ3v) is 5.56. The minimum atomic E-state index is -2.40. The van der Waals surface area contributed by atoms with Crippen LogP contribution in [-0.4, -0.2) is 18.6 Å². The molecule has 0 aliphatic rings. The highest BCUT2D eigenvalue weighted by atomic mass is 35.8. The highest BCUT2D eigenvalue weighted by Crippen LogP contribution is 2.27. The fourth-order valence-electron chi connectivity index (χ4n) is 1.78. The van der Waals surface area contributed by atoms with Gasteiger partial charge >= 0.3 is 12.0 Å². The minimum absolute atomic E-state index is 0.289. The number of halogens is 3. The molecule has 0 aliphatic heterocycles. The normalized spacial score (nSPS) is 11.4. The van der Waals surface area contributed by atoms with Crippen LogP contribution < -0.4 is 0 Å². The van der Waals surface area contributed by atoms with Crippen molar-refractivity contribution < 1.29 is 9.53 Å². The molecule has 0 amide bonds. The van der Waals surface area contributed by atoms with Crippen LogP contribution in [0.15, 0.2) is 12.2 Å². The molecule has 0 spiro atoms. The predicted molar refractivity (Wildman–Crippen MR) is 90.8 cm³/mol. The number of unbranched alkanes of at least 4 members (excludes halogenated alkanes) is 7. The molecular weight excluding hydrogens is 335 g/mol. The van der Waals surface area contributed by atoms with Crippen LogP contribution in [0.2, 0.25) is 6.04 Å². The molecule has 0 rings (SSSR count). The molecule has 0 saturated carbocycles. The lowest BCUT2D eigenvalue weighted by Crippen LogP contribution is -2.07. The van der Waals surface area contributed by atoms with E-state index >= 15 is 0 Å². The second-order valence-corrected chi connectivity index (χ2v) is 14.4. The molecule has 0 bridgehead atoms. The Bertz CT molecular complexity index is 291. The summed E-state index contributed by atoms with van der Waals surface area (Å²) < 4.78 is 5.02. The van der Waals surface area contributed by atoms with Gasteiger partial charge in [0.1, 0.15) is 0 Å². The van der Waals surface area contributed by atoms with Gasteiger partial charge in [-0.05, 0) is 19.4 Å². The number of ether oxygens (including phenoxy) is 1. The van der Waals surface area contributed by atoms with Crippen molar-refractivity contribution in [2.75, 3.05) is 6.61 Å². The summed E-state index contributed by atoms with van der Waals surface area (Å²) in [5.41, 5.74) is 0.461. The van der Waals surface area contributed by atoms with Crippen LogP contribution in [0.3, 0.4) is 0 Å². The summed E-state index contributed by atoms with van der Waals surface area (Å²) in [4.78, 5) is 11.1. The number of carbonyl (C=O) groups is 1. The van der Waals surface area contributed by atoms with E-state index in [-0.39, 0.29) is 5.97 Å². The minimum Gasteiger partial charge on any atom is -0.462 e. The number of esters is 1. The number of rotatable bonds is 12. The van der Waals surface area contributed by atoms with Crippen LogP contribution >= 0.6 is 33.2 Å². The molecule has 118 valence electrons. The van der Waals surface area contributed by atoms with Crippen molar-refractivity contribution >= 4 is 45.2 Å². The highest BCUT2D eigenvalue weighted by Gasteiger charge is 2.23. The van der Waals surface area contributed by atoms with Crippen LogP contribution in [0, 0.1) is 0 Å². The van der Waals surface area contributed by atoms with Crippen LogP contribution in [-0.2, 0) is 9.53 Å². The van der Waals surface area contributed by atoms with E-state index in [0.29, 0.717) is 12.2 Å². The molecule has 0 fully saturated rings. The van der Waals surface area contributed by atoms with Crippen molar-refractivity contribution in [3.05, 3.63) is 12.2 Å². The zero-order chi connectivity index (χ0) is 15.4. The van der Waals surface area contributed by atoms with E-state index in [1.54, 1.807) is 6.92 Å². The first kappa shape index (κ1) is 20.3. The van der Waals surface area contributed by atoms with Gasteiger partial charge in [-0.15, -0.1) is 33.2 Å². The number of hydrogen-bond acceptors (Lipinski definition) is 2. The van der Waals surface area contributed by atoms with Crippen LogP contribution in [0.1, 0.15) is 58.3 Å². The van der Waals surface area contributed by atoms with Crippen molar-refractivity contribution in [2.24, 2.45) is 0 Å². The zero-order valence-electron chi connectivity index (χ0n) is 12.2. The van der Waals surface area contributed by atoms with E-state index in [2.05, 4.69) is 6.58 Å². The van der Waals surface area contributed by atoms with E-state index in [1.807, 2.05) is 0 Å². The van der Waals surface area contributed by atoms with Crippen molar-refractivity contribution in [3.8, 4) is 0 Å². The molecule has 0 aliphatic carbocycles. The lowest BCUT2D eigenvalue weighted by Gasteiger charge is -2.07. The van der Waals surface area contributed by atoms with Gasteiger partial charge in [0.15, 0.2) is 0 Å². The quantitative estimate of drug-likeness (QED) is 0.143. The summed E-state index contributed by atoms with van der Waals surface area (Å²) in [6.45, 7) is 5.70. The van der Waals surface area contributed by atoms with Crippen LogP contribution in [0.25, 0.3) is 0 Å². The molecule has 0 heterocycles. The molecule has 0 aromatic heterocycles. The Labute approximate surface area is 137 Å². The Morgan fingerprint density at radius 3 is 1.85 bits per heavy atom. The van der Waals surface area contributed by atoms with Gasteiger partial charge in [0.2, 0.25) is 0 Å². The predicted octanol–water partition coefficient (Wildman–Crippen LogP) is 5.88. The lowest BCUT2D eigenvalue weighted by atomic mass is 10.1. The highest BCUT2D eigenvalue weighted by molar-refractivity contribution is 7.64. The van der Waals surface area contributed by atoms with Crippen molar-refractivity contribution in [3.63, 3.8) is 0 Å². The standard InChI is InChI=1S/C14H25Cl3O2Si/c1-13(2)14(18)19-11-9-7-5-3-4-6-8-10-12-20(15,16)17/h1,3-12H2,2H3. The Morgan fingerprint density at radius 1 is 0.950 bits per heavy atom. The smallest absolute Gasteiger partial charge is 0.341 e. The molecule has 0 aromatic carbocycles. The average Bonchev–Trinajstić information content (AvgIpc) is 2.34. The van der Waals surface area contributed by atoms with Gasteiger partial charge in [0, 0.05) is 5.57 Å². The molecule has 0 unspecified atom stereocenters. The molecule has 2 nitrogen and oxygen atoms in total. The number of hydrogen-bond donors (Lipinski definition) is 0. The van der Waals surface area contributed by atoms with Gasteiger partial charge in [-0.2, -0.15) is 0 Å². The Balaban J connectivity index is 3.18. The summed E-state index contributed by atoms with van der Waals surface area (Å²) in [6, 6.07) is -1.63. The second-order valence-electron chi connectivity index (χ2n) is 5.11. The average molecular weight is 360 g/mol. The maximum absolute atomic E-state index is 11.1. The lowest BCUT2D eigenvalue weighted by molar-refractivity contribution is -0.139. The van der Waals surface area contributed by atoms with E-state index < -0.39 is 6.00 Å². The van der Waals surface area contributed by atoms with Gasteiger partial charge in [0.05, 0.1) is 6.61 Å². The zero-order valence-corrected chi connectivity index (χ0v) is 15.5. The Morgan fingerprint density at radius 2 is 1.40 bits per heavy atom. The van der Waals surface area contributed by atoms with E-state index in [1.165, 1.54) is 25.7 Å². The Kier molecular flexibility index (Phi) is 12.1. The summed E-state index contributed by atoms with van der Waals surface area (Å²) in [7, 11) is 0. The SMILES string of the molecule is C=C(C)C(=O)OCCCCCCCCCC[Si](Cl)(Cl)Cl. The molecule has 0 N–H and O–H groups in total. The van der Waals surface area contributed by atoms with Gasteiger partial charge < -0.3 is 4.74 Å². The summed E-state index contributed by atoms with van der Waals surface area (Å²) >= 11 is 17.4. The largest absolute Gasteiger partial charge is 0.462 e. The maximum Gasteiger partial charge on any atom is 0.341 e. The molecular formula is C14H25Cl3O2Si. The summed E-state index contributed by atoms with van der Waals surface area (Å²) in [5.74, 6) is -0.289. The third kappa shape index (κ3) is 14.7. The monoisotopic (exact) mass is 358 g/mol. The summed E-state index contributed by atoms with van der Waals surface area (Å²) in [6.07, 6.45) is 9.05. The fraction of sp³-hybridized carbons (Fsp3) is 0.786. The topological polar surface area (TPSA) is 26.3 Å². The molecule has 0 saturated heterocycles. The first-order valence-electron chi connectivity index (χ1n) is 7.22. The van der Waals surface area contributed by atoms with Crippen LogP contribution in [0.4, 0.5) is 0 Å². The Hall–Kier alpha value is 0.297. The van der Waals surface area contributed by atoms with Crippen molar-refractivity contribution in [1.29, 1.82) is 0 Å². The first-order chi connectivity index (χ1) is 9.33. The van der Waals surface area contributed by atoms with E-state index in [9.17, 15) is 4.79 Å². The molecule has 20 heavy (non-hydrogen) atoms. The van der Waals surface area contributed by atoms with Crippen molar-refractivity contribution in [2.45, 2.75) is 64.3 Å². The second kappa shape index (κ2) is 11.9. The fourth-order valence-corrected chi connectivity index (χ4v) is 3.63. The molecule has 0 atom stereocenters. The van der Waals surface area contributed by atoms with Gasteiger partial charge in [-0.25, -0.2) is 4.79 Å². The van der Waals surface area contributed by atoms with E-state index in [0.717, 1.165) is 31.7 Å². The van der Waals surface area contributed by atoms with Gasteiger partial charge in [-0.1, -0.05) is 51.5 Å². The van der Waals surface area contributed by atoms with E-state index in [4.69, 9.17) is 38.0 Å². The molecule has 0 aromatic rings. The maximum atomic E-state index is 11.1. The van der Waals surface area contributed by atoms with Crippen molar-refractivity contribution in [1.82, 2.24) is 0 Å². The summed E-state index contributed by atoms with van der Waals surface area (Å²) in [5, 5.41) is 0. The molecule has 0 radical (unpaired) electrons. The third-order valence-electron chi connectivity index (χ3n) is 2.94. The van der Waals surface area contributed by atoms with Gasteiger partial charge in [0.25, 0.3) is 0 Å². The molecule has 6 heteroatoms. The van der Waals surface area contributed by atoms with Crippen LogP contribution in [0.5, 0.6) is 0 Å².